The molecule has 0 bridgehead atoms. The minimum absolute atomic E-state index is 0.290. The van der Waals surface area contributed by atoms with Gasteiger partial charge >= 0.3 is 6.36 Å². The van der Waals surface area contributed by atoms with Crippen molar-refractivity contribution < 1.29 is 22.7 Å². The van der Waals surface area contributed by atoms with Crippen LogP contribution in [0, 0.1) is 0 Å². The Kier molecular flexibility index (Phi) is 6.30. The number of carbonyl (C=O) groups excluding carboxylic acids is 1. The zero-order valence-corrected chi connectivity index (χ0v) is 10.9. The summed E-state index contributed by atoms with van der Waals surface area (Å²) in [5, 5.41) is 2.68. The number of benzene rings is 1. The van der Waals surface area contributed by atoms with Crippen LogP contribution >= 0.6 is 0 Å². The molecular formula is C13H17F3N2O2. The number of nitrogens with one attached hydrogen (secondary N) is 1. The average molecular weight is 290 g/mol. The summed E-state index contributed by atoms with van der Waals surface area (Å²) in [7, 11) is 0. The van der Waals surface area contributed by atoms with Gasteiger partial charge in [-0.2, -0.15) is 0 Å². The number of carbonyl (C=O) groups is 1. The minimum Gasteiger partial charge on any atom is -0.406 e. The lowest BCUT2D eigenvalue weighted by Crippen LogP contribution is -2.24. The molecule has 112 valence electrons. The fourth-order valence-corrected chi connectivity index (χ4v) is 1.56. The first-order valence-electron chi connectivity index (χ1n) is 6.26. The van der Waals surface area contributed by atoms with E-state index in [9.17, 15) is 18.0 Å². The van der Waals surface area contributed by atoms with E-state index in [0.717, 1.165) is 31.4 Å². The molecule has 0 saturated carbocycles. The van der Waals surface area contributed by atoms with Crippen molar-refractivity contribution in [3.05, 3.63) is 29.8 Å². The molecular weight excluding hydrogens is 273 g/mol. The van der Waals surface area contributed by atoms with Crippen LogP contribution < -0.4 is 15.8 Å². The summed E-state index contributed by atoms with van der Waals surface area (Å²) in [6.45, 7) is 1.13. The van der Waals surface area contributed by atoms with Crippen molar-refractivity contribution in [3.63, 3.8) is 0 Å². The standard InChI is InChI=1S/C13H17F3N2O2/c14-13(15,16)20-11-6-4-10(5-7-11)12(19)18-9-3-1-2-8-17/h4-7H,1-3,8-9,17H2,(H,18,19). The molecule has 0 fully saturated rings. The molecule has 0 spiro atoms. The molecule has 0 aliphatic rings. The van der Waals surface area contributed by atoms with E-state index in [4.69, 9.17) is 5.73 Å². The third kappa shape index (κ3) is 6.42. The van der Waals surface area contributed by atoms with E-state index in [-0.39, 0.29) is 11.7 Å². The summed E-state index contributed by atoms with van der Waals surface area (Å²) < 4.78 is 39.6. The normalized spacial score (nSPS) is 11.2. The lowest BCUT2D eigenvalue weighted by atomic mass is 10.2. The van der Waals surface area contributed by atoms with Gasteiger partial charge in [-0.3, -0.25) is 4.79 Å². The van der Waals surface area contributed by atoms with Crippen molar-refractivity contribution in [2.24, 2.45) is 5.73 Å². The monoisotopic (exact) mass is 290 g/mol. The summed E-state index contributed by atoms with van der Waals surface area (Å²) in [5.41, 5.74) is 5.63. The third-order valence-corrected chi connectivity index (χ3v) is 2.52. The fraction of sp³-hybridized carbons (Fsp3) is 0.462. The second kappa shape index (κ2) is 7.74. The van der Waals surface area contributed by atoms with Gasteiger partial charge in [-0.1, -0.05) is 6.42 Å². The number of halogens is 3. The van der Waals surface area contributed by atoms with Gasteiger partial charge in [-0.15, -0.1) is 13.2 Å². The highest BCUT2D eigenvalue weighted by molar-refractivity contribution is 5.94. The van der Waals surface area contributed by atoms with Crippen LogP contribution in [-0.4, -0.2) is 25.4 Å². The molecule has 0 atom stereocenters. The SMILES string of the molecule is NCCCCCNC(=O)c1ccc(OC(F)(F)F)cc1. The van der Waals surface area contributed by atoms with E-state index in [1.807, 2.05) is 0 Å². The Bertz CT molecular complexity index is 419. The number of nitrogens with two attached hydrogens (primary N) is 1. The molecule has 0 unspecified atom stereocenters. The van der Waals surface area contributed by atoms with Gasteiger partial charge in [0.25, 0.3) is 5.91 Å². The Labute approximate surface area is 115 Å². The number of ether oxygens (including phenoxy) is 1. The van der Waals surface area contributed by atoms with E-state index in [1.54, 1.807) is 0 Å². The maximum atomic E-state index is 12.0. The van der Waals surface area contributed by atoms with Crippen molar-refractivity contribution in [1.29, 1.82) is 0 Å². The number of amides is 1. The van der Waals surface area contributed by atoms with Gasteiger partial charge in [0.1, 0.15) is 5.75 Å². The highest BCUT2D eigenvalue weighted by Crippen LogP contribution is 2.22. The quantitative estimate of drug-likeness (QED) is 0.758. The molecule has 0 heterocycles. The Morgan fingerprint density at radius 3 is 2.35 bits per heavy atom. The largest absolute Gasteiger partial charge is 0.573 e. The van der Waals surface area contributed by atoms with Crippen LogP contribution in [0.2, 0.25) is 0 Å². The fourth-order valence-electron chi connectivity index (χ4n) is 1.56. The van der Waals surface area contributed by atoms with Crippen molar-refractivity contribution in [2.45, 2.75) is 25.6 Å². The molecule has 0 aliphatic heterocycles. The van der Waals surface area contributed by atoms with Crippen LogP contribution in [0.5, 0.6) is 5.75 Å². The summed E-state index contributed by atoms with van der Waals surface area (Å²) in [4.78, 5) is 11.7. The molecule has 7 heteroatoms. The maximum absolute atomic E-state index is 12.0. The smallest absolute Gasteiger partial charge is 0.406 e. The van der Waals surface area contributed by atoms with Crippen molar-refractivity contribution in [1.82, 2.24) is 5.32 Å². The van der Waals surface area contributed by atoms with E-state index >= 15 is 0 Å². The van der Waals surface area contributed by atoms with Gasteiger partial charge in [0.05, 0.1) is 0 Å². The zero-order chi connectivity index (χ0) is 15.0. The molecule has 1 aromatic rings. The van der Waals surface area contributed by atoms with Crippen molar-refractivity contribution in [2.75, 3.05) is 13.1 Å². The third-order valence-electron chi connectivity index (χ3n) is 2.52. The molecule has 20 heavy (non-hydrogen) atoms. The lowest BCUT2D eigenvalue weighted by Gasteiger charge is -2.09. The van der Waals surface area contributed by atoms with Crippen LogP contribution in [0.25, 0.3) is 0 Å². The molecule has 0 radical (unpaired) electrons. The molecule has 0 aromatic heterocycles. The first kappa shape index (κ1) is 16.3. The highest BCUT2D eigenvalue weighted by atomic mass is 19.4. The first-order chi connectivity index (χ1) is 9.42. The summed E-state index contributed by atoms with van der Waals surface area (Å²) >= 11 is 0. The second-order valence-electron chi connectivity index (χ2n) is 4.18. The Balaban J connectivity index is 2.41. The first-order valence-corrected chi connectivity index (χ1v) is 6.26. The van der Waals surface area contributed by atoms with Crippen molar-refractivity contribution >= 4 is 5.91 Å². The van der Waals surface area contributed by atoms with Crippen LogP contribution in [0.15, 0.2) is 24.3 Å². The predicted molar refractivity (Wildman–Crippen MR) is 68.4 cm³/mol. The Morgan fingerprint density at radius 2 is 1.80 bits per heavy atom. The minimum atomic E-state index is -4.73. The topological polar surface area (TPSA) is 64.3 Å². The van der Waals surface area contributed by atoms with Gasteiger partial charge in [0, 0.05) is 12.1 Å². The van der Waals surface area contributed by atoms with E-state index < -0.39 is 6.36 Å². The van der Waals surface area contributed by atoms with E-state index in [1.165, 1.54) is 12.1 Å². The zero-order valence-electron chi connectivity index (χ0n) is 10.9. The number of alkyl halides is 3. The van der Waals surface area contributed by atoms with Gasteiger partial charge < -0.3 is 15.8 Å². The van der Waals surface area contributed by atoms with Crippen LogP contribution in [0.1, 0.15) is 29.6 Å². The van der Waals surface area contributed by atoms with E-state index in [2.05, 4.69) is 10.1 Å². The maximum Gasteiger partial charge on any atom is 0.573 e. The molecule has 4 nitrogen and oxygen atoms in total. The van der Waals surface area contributed by atoms with Gasteiger partial charge in [-0.05, 0) is 43.7 Å². The number of hydrogen-bond acceptors (Lipinski definition) is 3. The molecule has 3 N–H and O–H groups in total. The Morgan fingerprint density at radius 1 is 1.15 bits per heavy atom. The molecule has 1 amide bonds. The average Bonchev–Trinajstić information content (AvgIpc) is 2.37. The molecule has 0 aliphatic carbocycles. The molecule has 1 rings (SSSR count). The van der Waals surface area contributed by atoms with Gasteiger partial charge in [0.2, 0.25) is 0 Å². The number of hydrogen-bond donors (Lipinski definition) is 2. The van der Waals surface area contributed by atoms with Crippen LogP contribution in [0.4, 0.5) is 13.2 Å². The molecule has 0 saturated heterocycles. The predicted octanol–water partition coefficient (Wildman–Crippen LogP) is 2.44. The number of unbranched alkanes of at least 4 members (excludes halogenated alkanes) is 2. The van der Waals surface area contributed by atoms with Crippen LogP contribution in [0.3, 0.4) is 0 Å². The van der Waals surface area contributed by atoms with Crippen LogP contribution in [-0.2, 0) is 0 Å². The highest BCUT2D eigenvalue weighted by Gasteiger charge is 2.31. The number of rotatable bonds is 7. The summed E-state index contributed by atoms with van der Waals surface area (Å²) in [6.07, 6.45) is -2.08. The van der Waals surface area contributed by atoms with Gasteiger partial charge in [0.15, 0.2) is 0 Å². The Hall–Kier alpha value is -1.76. The molecule has 1 aromatic carbocycles. The summed E-state index contributed by atoms with van der Waals surface area (Å²) in [5.74, 6) is -0.673. The second-order valence-corrected chi connectivity index (χ2v) is 4.18. The van der Waals surface area contributed by atoms with Crippen molar-refractivity contribution in [3.8, 4) is 5.75 Å². The van der Waals surface area contributed by atoms with E-state index in [0.29, 0.717) is 18.7 Å². The summed E-state index contributed by atoms with van der Waals surface area (Å²) in [6, 6.07) is 4.79. The van der Waals surface area contributed by atoms with Gasteiger partial charge in [-0.25, -0.2) is 0 Å². The lowest BCUT2D eigenvalue weighted by molar-refractivity contribution is -0.274.